The van der Waals surface area contributed by atoms with E-state index in [-0.39, 0.29) is 0 Å². The van der Waals surface area contributed by atoms with Gasteiger partial charge in [0.25, 0.3) is 0 Å². The molecule has 14 heavy (non-hydrogen) atoms. The summed E-state index contributed by atoms with van der Waals surface area (Å²) in [6.45, 7) is 9.38. The van der Waals surface area contributed by atoms with Crippen LogP contribution in [-0.2, 0) is 4.74 Å². The molecule has 80 valence electrons. The van der Waals surface area contributed by atoms with Crippen LogP contribution < -0.4 is 5.73 Å². The van der Waals surface area contributed by atoms with Crippen LogP contribution in [0.3, 0.4) is 0 Å². The molecule has 0 unspecified atom stereocenters. The molecular formula is C10H19N3O. The molecule has 0 atom stereocenters. The minimum absolute atomic E-state index is 0.482. The lowest BCUT2D eigenvalue weighted by atomic mass is 10.4. The smallest absolute Gasteiger partial charge is 0.117 e. The number of nitrogens with zero attached hydrogens (tertiary/aromatic N) is 2. The lowest BCUT2D eigenvalue weighted by molar-refractivity contribution is 0.268. The van der Waals surface area contributed by atoms with Gasteiger partial charge in [0.05, 0.1) is 13.3 Å². The molecule has 0 saturated heterocycles. The molecule has 0 fully saturated rings. The van der Waals surface area contributed by atoms with Gasteiger partial charge < -0.3 is 10.5 Å². The van der Waals surface area contributed by atoms with E-state index in [1.165, 1.54) is 0 Å². The fraction of sp³-hybridized carbons (Fsp3) is 0.500. The average Bonchev–Trinajstić information content (AvgIpc) is 2.11. The summed E-state index contributed by atoms with van der Waals surface area (Å²) >= 11 is 0. The molecule has 0 aromatic rings. The van der Waals surface area contributed by atoms with Crippen LogP contribution >= 0.6 is 0 Å². The van der Waals surface area contributed by atoms with E-state index in [9.17, 15) is 0 Å². The van der Waals surface area contributed by atoms with Crippen LogP contribution in [0, 0.1) is 0 Å². The molecule has 0 aliphatic heterocycles. The Morgan fingerprint density at radius 3 is 2.43 bits per heavy atom. The van der Waals surface area contributed by atoms with Gasteiger partial charge in [-0.2, -0.15) is 5.10 Å². The molecule has 0 aliphatic carbocycles. The first kappa shape index (κ1) is 12.6. The van der Waals surface area contributed by atoms with Gasteiger partial charge in [-0.15, -0.1) is 0 Å². The molecule has 0 aromatic carbocycles. The molecule has 0 rings (SSSR count). The van der Waals surface area contributed by atoms with Gasteiger partial charge >= 0.3 is 0 Å². The number of hydrogen-bond acceptors (Lipinski definition) is 3. The highest BCUT2D eigenvalue weighted by Crippen LogP contribution is 2.09. The molecule has 4 heteroatoms. The van der Waals surface area contributed by atoms with E-state index in [0.29, 0.717) is 5.84 Å². The van der Waals surface area contributed by atoms with Crippen molar-refractivity contribution >= 4 is 5.84 Å². The van der Waals surface area contributed by atoms with E-state index in [2.05, 4.69) is 11.7 Å². The summed E-state index contributed by atoms with van der Waals surface area (Å²) in [5, 5.41) is 5.69. The van der Waals surface area contributed by atoms with Crippen LogP contribution in [0.4, 0.5) is 0 Å². The van der Waals surface area contributed by atoms with Crippen molar-refractivity contribution in [3.05, 3.63) is 24.2 Å². The summed E-state index contributed by atoms with van der Waals surface area (Å²) in [6.07, 6.45) is 2.58. The summed E-state index contributed by atoms with van der Waals surface area (Å²) in [6, 6.07) is 0. The Kier molecular flexibility index (Phi) is 5.44. The number of hydrazone groups is 1. The van der Waals surface area contributed by atoms with E-state index in [1.807, 2.05) is 13.8 Å². The molecule has 0 radical (unpaired) electrons. The quantitative estimate of drug-likeness (QED) is 0.317. The molecule has 2 N–H and O–H groups in total. The van der Waals surface area contributed by atoms with Crippen LogP contribution in [0.15, 0.2) is 29.3 Å². The number of allylic oxidation sites excluding steroid dienone is 2. The number of ether oxygens (including phenoxy) is 1. The molecule has 0 aromatic heterocycles. The average molecular weight is 197 g/mol. The van der Waals surface area contributed by atoms with Crippen molar-refractivity contribution < 1.29 is 4.74 Å². The number of amidine groups is 1. The standard InChI is InChI=1S/C10H19N3O/c1-6-10(14-5)7-13(8(2)3)12-9(4)11/h7H,2,6H2,1,3-5H3,(H2,11,12)/b10-7+. The minimum atomic E-state index is 0.482. The van der Waals surface area contributed by atoms with Crippen LogP contribution in [0.2, 0.25) is 0 Å². The van der Waals surface area contributed by atoms with Gasteiger partial charge in [0, 0.05) is 12.1 Å². The first-order valence-electron chi connectivity index (χ1n) is 4.51. The summed E-state index contributed by atoms with van der Waals surface area (Å²) in [5.74, 6) is 1.31. The van der Waals surface area contributed by atoms with Crippen LogP contribution in [0.5, 0.6) is 0 Å². The van der Waals surface area contributed by atoms with Gasteiger partial charge in [-0.05, 0) is 13.8 Å². The maximum Gasteiger partial charge on any atom is 0.117 e. The van der Waals surface area contributed by atoms with Gasteiger partial charge in [0.15, 0.2) is 0 Å². The Hall–Kier alpha value is -1.45. The molecule has 4 nitrogen and oxygen atoms in total. The van der Waals surface area contributed by atoms with Gasteiger partial charge in [0.2, 0.25) is 0 Å². The van der Waals surface area contributed by atoms with Crippen molar-refractivity contribution in [2.24, 2.45) is 10.8 Å². The normalized spacial score (nSPS) is 12.6. The molecule has 0 heterocycles. The zero-order valence-electron chi connectivity index (χ0n) is 9.37. The number of nitrogens with two attached hydrogens (primary N) is 1. The first-order chi connectivity index (χ1) is 6.51. The largest absolute Gasteiger partial charge is 0.500 e. The SMILES string of the molecule is C=C(C)N(/C=C(\CC)OC)/N=C(\C)N. The summed E-state index contributed by atoms with van der Waals surface area (Å²) in [5.41, 5.74) is 6.28. The molecular weight excluding hydrogens is 178 g/mol. The van der Waals surface area contributed by atoms with Gasteiger partial charge in [-0.3, -0.25) is 0 Å². The monoisotopic (exact) mass is 197 g/mol. The third-order valence-corrected chi connectivity index (χ3v) is 1.53. The van der Waals surface area contributed by atoms with Crippen molar-refractivity contribution in [2.45, 2.75) is 27.2 Å². The number of methoxy groups -OCH3 is 1. The Labute approximate surface area is 85.7 Å². The lowest BCUT2D eigenvalue weighted by Crippen LogP contribution is -2.15. The Morgan fingerprint density at radius 2 is 2.14 bits per heavy atom. The highest BCUT2D eigenvalue weighted by Gasteiger charge is 2.01. The summed E-state index contributed by atoms with van der Waals surface area (Å²) < 4.78 is 5.13. The third kappa shape index (κ3) is 4.54. The third-order valence-electron chi connectivity index (χ3n) is 1.53. The van der Waals surface area contributed by atoms with Crippen molar-refractivity contribution in [3.63, 3.8) is 0 Å². The number of rotatable bonds is 5. The van der Waals surface area contributed by atoms with Crippen molar-refractivity contribution in [2.75, 3.05) is 7.11 Å². The maximum atomic E-state index is 5.49. The van der Waals surface area contributed by atoms with Gasteiger partial charge in [-0.25, -0.2) is 5.01 Å². The van der Waals surface area contributed by atoms with Crippen LogP contribution in [0.25, 0.3) is 0 Å². The van der Waals surface area contributed by atoms with E-state index < -0.39 is 0 Å². The van der Waals surface area contributed by atoms with E-state index in [4.69, 9.17) is 10.5 Å². The fourth-order valence-electron chi connectivity index (χ4n) is 0.819. The highest BCUT2D eigenvalue weighted by molar-refractivity contribution is 5.77. The van der Waals surface area contributed by atoms with Crippen molar-refractivity contribution in [1.29, 1.82) is 0 Å². The van der Waals surface area contributed by atoms with E-state index in [1.54, 1.807) is 25.2 Å². The molecule has 0 saturated carbocycles. The fourth-order valence-corrected chi connectivity index (χ4v) is 0.819. The Bertz CT molecular complexity index is 246. The summed E-state index contributed by atoms with van der Waals surface area (Å²) in [7, 11) is 1.63. The van der Waals surface area contributed by atoms with E-state index in [0.717, 1.165) is 17.9 Å². The molecule has 0 aliphatic rings. The summed E-state index contributed by atoms with van der Waals surface area (Å²) in [4.78, 5) is 0. The number of hydrogen-bond donors (Lipinski definition) is 1. The van der Waals surface area contributed by atoms with Gasteiger partial charge in [0.1, 0.15) is 11.6 Å². The van der Waals surface area contributed by atoms with Crippen LogP contribution in [-0.4, -0.2) is 18.0 Å². The van der Waals surface area contributed by atoms with Crippen molar-refractivity contribution in [3.8, 4) is 0 Å². The van der Waals surface area contributed by atoms with Gasteiger partial charge in [-0.1, -0.05) is 13.5 Å². The zero-order chi connectivity index (χ0) is 11.1. The second-order valence-electron chi connectivity index (χ2n) is 2.97. The Morgan fingerprint density at radius 1 is 1.57 bits per heavy atom. The highest BCUT2D eigenvalue weighted by atomic mass is 16.5. The first-order valence-corrected chi connectivity index (χ1v) is 4.51. The lowest BCUT2D eigenvalue weighted by Gasteiger charge is -2.15. The topological polar surface area (TPSA) is 50.8 Å². The molecule has 0 amide bonds. The molecule has 0 bridgehead atoms. The minimum Gasteiger partial charge on any atom is -0.500 e. The predicted octanol–water partition coefficient (Wildman–Crippen LogP) is 2.01. The predicted molar refractivity (Wildman–Crippen MR) is 59.3 cm³/mol. The second kappa shape index (κ2) is 6.07. The maximum absolute atomic E-state index is 5.49. The van der Waals surface area contributed by atoms with Crippen LogP contribution in [0.1, 0.15) is 27.2 Å². The Balaban J connectivity index is 4.76. The molecule has 0 spiro atoms. The van der Waals surface area contributed by atoms with Crippen molar-refractivity contribution in [1.82, 2.24) is 5.01 Å². The second-order valence-corrected chi connectivity index (χ2v) is 2.97. The van der Waals surface area contributed by atoms with E-state index >= 15 is 0 Å². The zero-order valence-corrected chi connectivity index (χ0v) is 9.37.